The molecule has 0 aromatic heterocycles. The van der Waals surface area contributed by atoms with Crippen molar-refractivity contribution in [2.75, 3.05) is 0 Å². The number of hydrogen-bond acceptors (Lipinski definition) is 1. The molecule has 0 radical (unpaired) electrons. The molecule has 0 aromatic carbocycles. The maximum absolute atomic E-state index is 13.3. The number of aliphatic hydroxyl groups is 1. The minimum absolute atomic E-state index is 4.48. The topological polar surface area (TPSA) is 20.2 Å². The second-order valence-electron chi connectivity index (χ2n) is 4.08. The Hall–Kier alpha value is 0.130. The van der Waals surface area contributed by atoms with Crippen molar-refractivity contribution in [1.29, 1.82) is 0 Å². The molecule has 0 aliphatic heterocycles. The molecule has 1 N–H and O–H groups in total. The SMILES string of the molecule is OC1(C(Cl)(Cl)Cl)C(F)(F)C(F)(F)C(F)(F)C(F)(F)C1(F)F. The minimum atomic E-state index is -7.24. The van der Waals surface area contributed by atoms with E-state index >= 15 is 0 Å². The maximum Gasteiger partial charge on any atom is 0.384 e. The third-order valence-electron chi connectivity index (χ3n) is 2.90. The van der Waals surface area contributed by atoms with Gasteiger partial charge in [0.1, 0.15) is 0 Å². The summed E-state index contributed by atoms with van der Waals surface area (Å²) in [6.07, 6.45) is 0. The lowest BCUT2D eigenvalue weighted by Crippen LogP contribution is -2.87. The van der Waals surface area contributed by atoms with E-state index in [9.17, 15) is 43.9 Å². The molecule has 1 saturated carbocycles. The highest BCUT2D eigenvalue weighted by atomic mass is 35.6. The molecule has 126 valence electrons. The maximum atomic E-state index is 13.3. The first-order chi connectivity index (χ1) is 8.75. The van der Waals surface area contributed by atoms with Crippen LogP contribution in [0.2, 0.25) is 0 Å². The quantitative estimate of drug-likeness (QED) is 0.478. The smallest absolute Gasteiger partial charge is 0.375 e. The second-order valence-corrected chi connectivity index (χ2v) is 6.36. The monoisotopic (exact) mass is 396 g/mol. The Morgan fingerprint density at radius 2 is 0.714 bits per heavy atom. The Labute approximate surface area is 123 Å². The van der Waals surface area contributed by atoms with Crippen molar-refractivity contribution in [2.45, 2.75) is 39.0 Å². The van der Waals surface area contributed by atoms with Crippen molar-refractivity contribution in [3.63, 3.8) is 0 Å². The molecule has 21 heavy (non-hydrogen) atoms. The minimum Gasteiger partial charge on any atom is -0.375 e. The normalized spacial score (nSPS) is 31.7. The Balaban J connectivity index is 3.93. The predicted molar refractivity (Wildman–Crippen MR) is 50.0 cm³/mol. The van der Waals surface area contributed by atoms with Gasteiger partial charge in [0.2, 0.25) is 3.79 Å². The van der Waals surface area contributed by atoms with Crippen LogP contribution in [-0.2, 0) is 0 Å². The zero-order valence-electron chi connectivity index (χ0n) is 8.86. The van der Waals surface area contributed by atoms with E-state index in [0.29, 0.717) is 0 Å². The molecule has 0 heterocycles. The highest BCUT2D eigenvalue weighted by Crippen LogP contribution is 2.72. The fourth-order valence-corrected chi connectivity index (χ4v) is 2.31. The lowest BCUT2D eigenvalue weighted by Gasteiger charge is -2.55. The molecule has 1 nitrogen and oxygen atoms in total. The molecule has 14 heteroatoms. The molecule has 0 aromatic rings. The van der Waals surface area contributed by atoms with E-state index in [4.69, 9.17) is 5.11 Å². The van der Waals surface area contributed by atoms with Crippen LogP contribution in [0.5, 0.6) is 0 Å². The molecule has 0 unspecified atom stereocenters. The van der Waals surface area contributed by atoms with Crippen LogP contribution >= 0.6 is 34.8 Å². The van der Waals surface area contributed by atoms with Crippen molar-refractivity contribution in [3.8, 4) is 0 Å². The zero-order chi connectivity index (χ0) is 17.5. The van der Waals surface area contributed by atoms with E-state index < -0.39 is 39.0 Å². The van der Waals surface area contributed by atoms with E-state index in [1.807, 2.05) is 0 Å². The summed E-state index contributed by atoms with van der Waals surface area (Å²) in [5.41, 5.74) is -6.12. The van der Waals surface area contributed by atoms with Gasteiger partial charge in [-0.1, -0.05) is 34.8 Å². The summed E-state index contributed by atoms with van der Waals surface area (Å²) in [6.45, 7) is 0. The van der Waals surface area contributed by atoms with E-state index in [0.717, 1.165) is 0 Å². The van der Waals surface area contributed by atoms with Crippen LogP contribution in [0.1, 0.15) is 0 Å². The van der Waals surface area contributed by atoms with Crippen LogP contribution in [0.15, 0.2) is 0 Å². The van der Waals surface area contributed by atoms with Gasteiger partial charge in [-0.2, -0.15) is 43.9 Å². The van der Waals surface area contributed by atoms with Crippen LogP contribution < -0.4 is 0 Å². The lowest BCUT2D eigenvalue weighted by atomic mass is 9.71. The zero-order valence-corrected chi connectivity index (χ0v) is 11.1. The van der Waals surface area contributed by atoms with Gasteiger partial charge in [0.05, 0.1) is 0 Å². The Morgan fingerprint density at radius 1 is 0.524 bits per heavy atom. The van der Waals surface area contributed by atoms with Crippen molar-refractivity contribution in [3.05, 3.63) is 0 Å². The van der Waals surface area contributed by atoms with Crippen LogP contribution in [0.3, 0.4) is 0 Å². The van der Waals surface area contributed by atoms with Crippen LogP contribution in [0.4, 0.5) is 43.9 Å². The highest BCUT2D eigenvalue weighted by Gasteiger charge is 3.02. The van der Waals surface area contributed by atoms with Gasteiger partial charge in [-0.15, -0.1) is 0 Å². The molecular weight excluding hydrogens is 396 g/mol. The molecule has 0 saturated heterocycles. The number of halogens is 13. The van der Waals surface area contributed by atoms with Gasteiger partial charge < -0.3 is 5.11 Å². The summed E-state index contributed by atoms with van der Waals surface area (Å²) in [7, 11) is 0. The summed E-state index contributed by atoms with van der Waals surface area (Å²) >= 11 is 13.4. The van der Waals surface area contributed by atoms with Gasteiger partial charge in [0.25, 0.3) is 5.60 Å². The summed E-state index contributed by atoms with van der Waals surface area (Å²) in [5, 5.41) is 8.98. The average Bonchev–Trinajstić information content (AvgIpc) is 2.23. The van der Waals surface area contributed by atoms with E-state index in [1.165, 1.54) is 0 Å². The van der Waals surface area contributed by atoms with Crippen LogP contribution in [0, 0.1) is 0 Å². The Morgan fingerprint density at radius 3 is 0.905 bits per heavy atom. The molecule has 0 amide bonds. The van der Waals surface area contributed by atoms with Crippen molar-refractivity contribution in [1.82, 2.24) is 0 Å². The van der Waals surface area contributed by atoms with Gasteiger partial charge in [-0.25, -0.2) is 0 Å². The summed E-state index contributed by atoms with van der Waals surface area (Å²) in [6, 6.07) is 0. The van der Waals surface area contributed by atoms with Crippen molar-refractivity contribution < 1.29 is 49.0 Å². The first-order valence-electron chi connectivity index (χ1n) is 4.43. The molecular formula is C7HCl3F10O. The summed E-state index contributed by atoms with van der Waals surface area (Å²) in [4.78, 5) is 0. The molecule has 0 atom stereocenters. The van der Waals surface area contributed by atoms with Crippen LogP contribution in [-0.4, -0.2) is 44.1 Å². The standard InChI is InChI=1S/C7HCl3F10O/c8-7(9,10)1(21)2(11,12)4(15,16)6(19,20)5(17,18)3(1,13)14/h21H. The van der Waals surface area contributed by atoms with Gasteiger partial charge in [-0.3, -0.25) is 0 Å². The molecule has 1 rings (SSSR count). The number of rotatable bonds is 0. The molecule has 0 spiro atoms. The van der Waals surface area contributed by atoms with Gasteiger partial charge >= 0.3 is 29.6 Å². The predicted octanol–water partition coefficient (Wildman–Crippen LogP) is 4.28. The molecule has 1 aliphatic carbocycles. The van der Waals surface area contributed by atoms with Crippen molar-refractivity contribution >= 4 is 34.8 Å². The molecule has 1 aliphatic rings. The molecule has 1 fully saturated rings. The van der Waals surface area contributed by atoms with Crippen molar-refractivity contribution in [2.24, 2.45) is 0 Å². The van der Waals surface area contributed by atoms with E-state index in [1.54, 1.807) is 0 Å². The third-order valence-corrected chi connectivity index (χ3v) is 3.72. The number of hydrogen-bond donors (Lipinski definition) is 1. The van der Waals surface area contributed by atoms with Gasteiger partial charge in [0.15, 0.2) is 0 Å². The lowest BCUT2D eigenvalue weighted by molar-refractivity contribution is -0.495. The van der Waals surface area contributed by atoms with E-state index in [2.05, 4.69) is 34.8 Å². The summed E-state index contributed by atoms with van der Waals surface area (Å²) in [5.74, 6) is -35.4. The fraction of sp³-hybridized carbons (Fsp3) is 1.00. The Kier molecular flexibility index (Phi) is 3.79. The average molecular weight is 397 g/mol. The first kappa shape index (κ1) is 19.2. The number of alkyl halides is 13. The highest BCUT2D eigenvalue weighted by molar-refractivity contribution is 6.68. The van der Waals surface area contributed by atoms with Gasteiger partial charge in [0, 0.05) is 0 Å². The second kappa shape index (κ2) is 4.15. The van der Waals surface area contributed by atoms with Crippen LogP contribution in [0.25, 0.3) is 0 Å². The third kappa shape index (κ3) is 1.66. The van der Waals surface area contributed by atoms with Gasteiger partial charge in [-0.05, 0) is 0 Å². The molecule has 0 bridgehead atoms. The largest absolute Gasteiger partial charge is 0.384 e. The first-order valence-corrected chi connectivity index (χ1v) is 5.56. The fourth-order valence-electron chi connectivity index (χ4n) is 1.60. The van der Waals surface area contributed by atoms with E-state index in [-0.39, 0.29) is 0 Å². The Bertz CT molecular complexity index is 426. The summed E-state index contributed by atoms with van der Waals surface area (Å²) < 4.78 is 126.